The van der Waals surface area contributed by atoms with E-state index in [1.54, 1.807) is 31.3 Å². The number of sulfonamides is 1. The Hall–Kier alpha value is -0.380. The first-order valence-corrected chi connectivity index (χ1v) is 8.54. The average Bonchev–Trinajstić information content (AvgIpc) is 2.63. The van der Waals surface area contributed by atoms with Crippen LogP contribution in [0.15, 0.2) is 28.6 Å². The molecular weight excluding hydrogens is 407 g/mol. The molecule has 0 fully saturated rings. The number of aryl methyl sites for hydroxylation is 1. The van der Waals surface area contributed by atoms with Crippen LogP contribution in [0.2, 0.25) is 4.34 Å². The van der Waals surface area contributed by atoms with Crippen molar-refractivity contribution in [2.75, 3.05) is 4.72 Å². The molecule has 0 atom stereocenters. The summed E-state index contributed by atoms with van der Waals surface area (Å²) in [5.74, 6) is 0.289. The molecule has 8 heteroatoms. The van der Waals surface area contributed by atoms with E-state index in [1.165, 1.54) is 0 Å². The fourth-order valence-electron chi connectivity index (χ4n) is 1.19. The van der Waals surface area contributed by atoms with Crippen LogP contribution in [0.25, 0.3) is 0 Å². The molecular formula is C10H8ClIN2O2S2. The first-order chi connectivity index (χ1) is 8.38. The zero-order chi connectivity index (χ0) is 13.3. The highest BCUT2D eigenvalue weighted by atomic mass is 127. The number of anilines is 1. The van der Waals surface area contributed by atoms with Gasteiger partial charge in [-0.05, 0) is 53.3 Å². The lowest BCUT2D eigenvalue weighted by Crippen LogP contribution is -2.12. The molecule has 0 radical (unpaired) electrons. The van der Waals surface area contributed by atoms with Crippen LogP contribution in [-0.4, -0.2) is 13.4 Å². The van der Waals surface area contributed by atoms with Crippen molar-refractivity contribution in [3.63, 3.8) is 0 Å². The Labute approximate surface area is 128 Å². The summed E-state index contributed by atoms with van der Waals surface area (Å²) in [6.07, 6.45) is 1.59. The molecule has 0 aromatic carbocycles. The van der Waals surface area contributed by atoms with Gasteiger partial charge in [0.05, 0.1) is 4.34 Å². The van der Waals surface area contributed by atoms with Crippen molar-refractivity contribution in [2.24, 2.45) is 0 Å². The Morgan fingerprint density at radius 3 is 2.67 bits per heavy atom. The molecule has 1 N–H and O–H groups in total. The van der Waals surface area contributed by atoms with Gasteiger partial charge in [-0.3, -0.25) is 4.72 Å². The van der Waals surface area contributed by atoms with E-state index in [4.69, 9.17) is 11.6 Å². The van der Waals surface area contributed by atoms with E-state index in [9.17, 15) is 8.42 Å². The van der Waals surface area contributed by atoms with Crippen LogP contribution < -0.4 is 4.72 Å². The second-order valence-corrected chi connectivity index (χ2v) is 8.30. The number of nitrogens with zero attached hydrogens (tertiary/aromatic N) is 1. The maximum atomic E-state index is 12.1. The summed E-state index contributed by atoms with van der Waals surface area (Å²) >= 11 is 9.00. The van der Waals surface area contributed by atoms with Crippen LogP contribution >= 0.6 is 45.5 Å². The number of rotatable bonds is 3. The van der Waals surface area contributed by atoms with Gasteiger partial charge in [0.2, 0.25) is 0 Å². The highest BCUT2D eigenvalue weighted by Gasteiger charge is 2.18. The number of aromatic nitrogens is 1. The fraction of sp³-hybridized carbons (Fsp3) is 0.100. The van der Waals surface area contributed by atoms with Crippen molar-refractivity contribution in [1.29, 1.82) is 0 Å². The number of hydrogen-bond acceptors (Lipinski definition) is 4. The van der Waals surface area contributed by atoms with Gasteiger partial charge in [-0.15, -0.1) is 11.3 Å². The van der Waals surface area contributed by atoms with Crippen LogP contribution in [-0.2, 0) is 10.0 Å². The van der Waals surface area contributed by atoms with E-state index < -0.39 is 10.0 Å². The van der Waals surface area contributed by atoms with E-state index >= 15 is 0 Å². The molecule has 96 valence electrons. The summed E-state index contributed by atoms with van der Waals surface area (Å²) in [7, 11) is -3.61. The molecule has 0 aliphatic rings. The third kappa shape index (κ3) is 3.14. The van der Waals surface area contributed by atoms with Crippen LogP contribution in [0.3, 0.4) is 0 Å². The van der Waals surface area contributed by atoms with Gasteiger partial charge >= 0.3 is 0 Å². The Balaban J connectivity index is 2.29. The maximum Gasteiger partial charge on any atom is 0.272 e. The van der Waals surface area contributed by atoms with Crippen LogP contribution in [0.1, 0.15) is 5.56 Å². The highest BCUT2D eigenvalue weighted by molar-refractivity contribution is 14.1. The summed E-state index contributed by atoms with van der Waals surface area (Å²) < 4.78 is 28.1. The third-order valence-corrected chi connectivity index (χ3v) is 6.09. The topological polar surface area (TPSA) is 59.1 Å². The predicted molar refractivity (Wildman–Crippen MR) is 81.8 cm³/mol. The van der Waals surface area contributed by atoms with Crippen molar-refractivity contribution in [1.82, 2.24) is 4.98 Å². The highest BCUT2D eigenvalue weighted by Crippen LogP contribution is 2.30. The van der Waals surface area contributed by atoms with Gasteiger partial charge in [-0.25, -0.2) is 13.4 Å². The second-order valence-electron chi connectivity index (χ2n) is 3.49. The molecule has 0 bridgehead atoms. The number of nitrogens with one attached hydrogen (secondary N) is 1. The minimum Gasteiger partial charge on any atom is -0.263 e. The van der Waals surface area contributed by atoms with Crippen molar-refractivity contribution < 1.29 is 8.42 Å². The number of hydrogen-bond donors (Lipinski definition) is 1. The predicted octanol–water partition coefficient (Wildman–Crippen LogP) is 3.51. The molecule has 2 aromatic rings. The lowest BCUT2D eigenvalue weighted by molar-refractivity contribution is 0.603. The molecule has 2 heterocycles. The SMILES string of the molecule is Cc1cc(S(=O)(=O)Nc2ccc(I)cn2)sc1Cl. The van der Waals surface area contributed by atoms with Crippen molar-refractivity contribution in [2.45, 2.75) is 11.1 Å². The van der Waals surface area contributed by atoms with E-state index in [0.29, 0.717) is 4.34 Å². The third-order valence-electron chi connectivity index (χ3n) is 2.07. The molecule has 0 saturated carbocycles. The Morgan fingerprint density at radius 1 is 1.44 bits per heavy atom. The quantitative estimate of drug-likeness (QED) is 0.782. The summed E-state index contributed by atoms with van der Waals surface area (Å²) in [6.45, 7) is 1.76. The maximum absolute atomic E-state index is 12.1. The number of pyridine rings is 1. The lowest BCUT2D eigenvalue weighted by atomic mass is 10.4. The molecule has 2 aromatic heterocycles. The standard InChI is InChI=1S/C10H8ClIN2O2S2/c1-6-4-9(17-10(6)11)18(15,16)14-8-3-2-7(12)5-13-8/h2-5H,1H3,(H,13,14). The first kappa shape index (κ1) is 14.0. The fourth-order valence-corrected chi connectivity index (χ4v) is 4.22. The number of halogens is 2. The van der Waals surface area contributed by atoms with Gasteiger partial charge in [-0.1, -0.05) is 11.6 Å². The smallest absolute Gasteiger partial charge is 0.263 e. The lowest BCUT2D eigenvalue weighted by Gasteiger charge is -2.04. The van der Waals surface area contributed by atoms with Crippen LogP contribution in [0.5, 0.6) is 0 Å². The molecule has 0 unspecified atom stereocenters. The van der Waals surface area contributed by atoms with Crippen molar-refractivity contribution >= 4 is 61.4 Å². The van der Waals surface area contributed by atoms with Crippen LogP contribution in [0, 0.1) is 10.5 Å². The van der Waals surface area contributed by atoms with Gasteiger partial charge in [0, 0.05) is 9.77 Å². The molecule has 0 aliphatic heterocycles. The van der Waals surface area contributed by atoms with Gasteiger partial charge in [0.1, 0.15) is 10.0 Å². The summed E-state index contributed by atoms with van der Waals surface area (Å²) in [6, 6.07) is 4.93. The van der Waals surface area contributed by atoms with E-state index in [-0.39, 0.29) is 10.0 Å². The van der Waals surface area contributed by atoms with Gasteiger partial charge in [0.15, 0.2) is 0 Å². The molecule has 18 heavy (non-hydrogen) atoms. The molecule has 0 aliphatic carbocycles. The van der Waals surface area contributed by atoms with E-state index in [0.717, 1.165) is 20.5 Å². The van der Waals surface area contributed by atoms with Crippen molar-refractivity contribution in [3.05, 3.63) is 37.9 Å². The van der Waals surface area contributed by atoms with Gasteiger partial charge in [-0.2, -0.15) is 0 Å². The first-order valence-electron chi connectivity index (χ1n) is 4.79. The Kier molecular flexibility index (Phi) is 4.15. The molecule has 0 spiro atoms. The number of thiophene rings is 1. The Morgan fingerprint density at radius 2 is 2.17 bits per heavy atom. The summed E-state index contributed by atoms with van der Waals surface area (Å²) in [5.41, 5.74) is 0.748. The molecule has 2 rings (SSSR count). The monoisotopic (exact) mass is 414 g/mol. The van der Waals surface area contributed by atoms with E-state index in [2.05, 4.69) is 32.3 Å². The summed E-state index contributed by atoms with van der Waals surface area (Å²) in [4.78, 5) is 3.99. The van der Waals surface area contributed by atoms with Crippen LogP contribution in [0.4, 0.5) is 5.82 Å². The zero-order valence-corrected chi connectivity index (χ0v) is 13.7. The summed E-state index contributed by atoms with van der Waals surface area (Å²) in [5, 5.41) is 0. The molecule has 0 amide bonds. The zero-order valence-electron chi connectivity index (χ0n) is 9.15. The second kappa shape index (κ2) is 5.32. The largest absolute Gasteiger partial charge is 0.272 e. The van der Waals surface area contributed by atoms with E-state index in [1.807, 2.05) is 0 Å². The minimum absolute atomic E-state index is 0.186. The van der Waals surface area contributed by atoms with Gasteiger partial charge < -0.3 is 0 Å². The molecule has 4 nitrogen and oxygen atoms in total. The average molecular weight is 415 g/mol. The minimum atomic E-state index is -3.61. The normalized spacial score (nSPS) is 11.5. The van der Waals surface area contributed by atoms with Crippen molar-refractivity contribution in [3.8, 4) is 0 Å². The van der Waals surface area contributed by atoms with Gasteiger partial charge in [0.25, 0.3) is 10.0 Å². The molecule has 0 saturated heterocycles. The Bertz CT molecular complexity index is 648.